The first-order chi connectivity index (χ1) is 21.9. The van der Waals surface area contributed by atoms with Crippen LogP contribution in [0.1, 0.15) is 46.1 Å². The molecule has 0 aromatic heterocycles. The molecule has 0 spiro atoms. The SMILES string of the molecule is CCOc1ccc(N(CC(=O)N(Cc2c(Cl)cccc2Cl)[C@H](CC)C(=O)N[C@@H](C)CC)S(=O)(=O)c2ccc(OC)c(OC)c2)cc1. The summed E-state index contributed by atoms with van der Waals surface area (Å²) >= 11 is 13.0. The van der Waals surface area contributed by atoms with Gasteiger partial charge in [0.15, 0.2) is 11.5 Å². The van der Waals surface area contributed by atoms with Crippen LogP contribution in [0.15, 0.2) is 65.6 Å². The van der Waals surface area contributed by atoms with Crippen LogP contribution in [-0.4, -0.2) is 64.6 Å². The second-order valence-electron chi connectivity index (χ2n) is 10.4. The first-order valence-corrected chi connectivity index (χ1v) is 17.1. The van der Waals surface area contributed by atoms with E-state index in [9.17, 15) is 18.0 Å². The largest absolute Gasteiger partial charge is 0.494 e. The van der Waals surface area contributed by atoms with Crippen LogP contribution in [0, 0.1) is 0 Å². The number of carbonyl (C=O) groups is 2. The number of sulfonamides is 1. The third-order valence-electron chi connectivity index (χ3n) is 7.43. The van der Waals surface area contributed by atoms with Crippen LogP contribution in [0.4, 0.5) is 5.69 Å². The maximum absolute atomic E-state index is 14.4. The third kappa shape index (κ3) is 8.77. The zero-order valence-electron chi connectivity index (χ0n) is 26.9. The number of rotatable bonds is 16. The van der Waals surface area contributed by atoms with E-state index in [-0.39, 0.29) is 41.2 Å². The molecule has 13 heteroatoms. The Kier molecular flexibility index (Phi) is 13.4. The Balaban J connectivity index is 2.15. The lowest BCUT2D eigenvalue weighted by Gasteiger charge is -2.34. The van der Waals surface area contributed by atoms with Crippen LogP contribution in [0.2, 0.25) is 10.0 Å². The van der Waals surface area contributed by atoms with E-state index in [1.807, 2.05) is 20.8 Å². The number of carbonyl (C=O) groups excluding carboxylic acids is 2. The molecular formula is C33H41Cl2N3O7S. The quantitative estimate of drug-likeness (QED) is 0.187. The first-order valence-electron chi connectivity index (χ1n) is 14.9. The second-order valence-corrected chi connectivity index (χ2v) is 13.1. The highest BCUT2D eigenvalue weighted by atomic mass is 35.5. The summed E-state index contributed by atoms with van der Waals surface area (Å²) in [5.74, 6) is 0.0583. The van der Waals surface area contributed by atoms with Gasteiger partial charge in [-0.15, -0.1) is 0 Å². The molecule has 2 amide bonds. The lowest BCUT2D eigenvalue weighted by atomic mass is 10.1. The average molecular weight is 695 g/mol. The molecule has 250 valence electrons. The van der Waals surface area contributed by atoms with Gasteiger partial charge in [0.1, 0.15) is 18.3 Å². The fraction of sp³-hybridized carbons (Fsp3) is 0.394. The molecule has 3 aromatic rings. The molecule has 0 aliphatic heterocycles. The van der Waals surface area contributed by atoms with Crippen molar-refractivity contribution in [3.63, 3.8) is 0 Å². The Morgan fingerprint density at radius 2 is 1.52 bits per heavy atom. The van der Waals surface area contributed by atoms with E-state index >= 15 is 0 Å². The molecular weight excluding hydrogens is 653 g/mol. The highest BCUT2D eigenvalue weighted by Crippen LogP contribution is 2.33. The molecule has 3 rings (SSSR count). The summed E-state index contributed by atoms with van der Waals surface area (Å²) in [4.78, 5) is 29.1. The van der Waals surface area contributed by atoms with Crippen molar-refractivity contribution in [2.24, 2.45) is 0 Å². The van der Waals surface area contributed by atoms with E-state index in [1.165, 1.54) is 37.3 Å². The molecule has 0 aliphatic carbocycles. The van der Waals surface area contributed by atoms with Crippen molar-refractivity contribution in [1.82, 2.24) is 10.2 Å². The number of nitrogens with one attached hydrogen (secondary N) is 1. The maximum Gasteiger partial charge on any atom is 0.264 e. The average Bonchev–Trinajstić information content (AvgIpc) is 3.04. The van der Waals surface area contributed by atoms with E-state index in [0.717, 1.165) is 4.31 Å². The van der Waals surface area contributed by atoms with Crippen molar-refractivity contribution in [3.05, 3.63) is 76.3 Å². The van der Waals surface area contributed by atoms with E-state index in [0.29, 0.717) is 40.1 Å². The molecule has 3 aromatic carbocycles. The summed E-state index contributed by atoms with van der Waals surface area (Å²) in [7, 11) is -1.53. The van der Waals surface area contributed by atoms with Crippen LogP contribution in [0.3, 0.4) is 0 Å². The number of ether oxygens (including phenoxy) is 3. The topological polar surface area (TPSA) is 114 Å². The summed E-state index contributed by atoms with van der Waals surface area (Å²) in [6, 6.07) is 14.4. The molecule has 2 atom stereocenters. The van der Waals surface area contributed by atoms with Gasteiger partial charge in [0, 0.05) is 34.3 Å². The number of benzene rings is 3. The Hall–Kier alpha value is -3.67. The van der Waals surface area contributed by atoms with Gasteiger partial charge in [-0.05, 0) is 75.2 Å². The smallest absolute Gasteiger partial charge is 0.264 e. The van der Waals surface area contributed by atoms with E-state index in [2.05, 4.69) is 5.32 Å². The molecule has 0 fully saturated rings. The minimum absolute atomic E-state index is 0.128. The van der Waals surface area contributed by atoms with Gasteiger partial charge in [-0.25, -0.2) is 8.42 Å². The molecule has 0 saturated heterocycles. The molecule has 0 radical (unpaired) electrons. The van der Waals surface area contributed by atoms with Gasteiger partial charge in [-0.3, -0.25) is 13.9 Å². The van der Waals surface area contributed by atoms with Gasteiger partial charge in [0.05, 0.1) is 31.4 Å². The van der Waals surface area contributed by atoms with Gasteiger partial charge in [0.25, 0.3) is 10.0 Å². The van der Waals surface area contributed by atoms with Crippen molar-refractivity contribution in [2.75, 3.05) is 31.7 Å². The molecule has 46 heavy (non-hydrogen) atoms. The Morgan fingerprint density at radius 3 is 2.07 bits per heavy atom. The first kappa shape index (κ1) is 36.8. The molecule has 0 bridgehead atoms. The van der Waals surface area contributed by atoms with Crippen LogP contribution < -0.4 is 23.8 Å². The van der Waals surface area contributed by atoms with E-state index in [4.69, 9.17) is 37.4 Å². The lowest BCUT2D eigenvalue weighted by Crippen LogP contribution is -2.53. The zero-order chi connectivity index (χ0) is 34.0. The minimum Gasteiger partial charge on any atom is -0.494 e. The van der Waals surface area contributed by atoms with Crippen molar-refractivity contribution < 1.29 is 32.2 Å². The Labute approximate surface area is 281 Å². The molecule has 0 aliphatic rings. The molecule has 0 unspecified atom stereocenters. The van der Waals surface area contributed by atoms with Gasteiger partial charge in [-0.1, -0.05) is 43.1 Å². The van der Waals surface area contributed by atoms with E-state index in [1.54, 1.807) is 49.4 Å². The fourth-order valence-corrected chi connectivity index (χ4v) is 6.67. The van der Waals surface area contributed by atoms with Crippen molar-refractivity contribution in [1.29, 1.82) is 0 Å². The van der Waals surface area contributed by atoms with Gasteiger partial charge >= 0.3 is 0 Å². The van der Waals surface area contributed by atoms with Crippen molar-refractivity contribution in [2.45, 2.75) is 64.1 Å². The fourth-order valence-electron chi connectivity index (χ4n) is 4.72. The van der Waals surface area contributed by atoms with Crippen molar-refractivity contribution >= 4 is 50.7 Å². The second kappa shape index (κ2) is 16.8. The number of halogens is 2. The highest BCUT2D eigenvalue weighted by molar-refractivity contribution is 7.92. The standard InChI is InChI=1S/C33H41Cl2N3O7S/c1-7-22(4)36-33(40)29(8-2)37(20-26-27(34)11-10-12-28(26)35)32(39)21-38(23-13-15-24(16-14-23)45-9-3)46(41,42)25-17-18-30(43-5)31(19-25)44-6/h10-19,22,29H,7-9,20-21H2,1-6H3,(H,36,40)/t22-,29+/m0/s1. The molecule has 0 saturated carbocycles. The monoisotopic (exact) mass is 693 g/mol. The van der Waals surface area contributed by atoms with Crippen LogP contribution >= 0.6 is 23.2 Å². The number of nitrogens with zero attached hydrogens (tertiary/aromatic N) is 2. The van der Waals surface area contributed by atoms with Crippen LogP contribution in [0.5, 0.6) is 17.2 Å². The number of methoxy groups -OCH3 is 2. The van der Waals surface area contributed by atoms with Gasteiger partial charge < -0.3 is 24.4 Å². The van der Waals surface area contributed by atoms with Crippen LogP contribution in [-0.2, 0) is 26.2 Å². The molecule has 1 N–H and O–H groups in total. The number of hydrogen-bond donors (Lipinski definition) is 1. The predicted molar refractivity (Wildman–Crippen MR) is 181 cm³/mol. The Morgan fingerprint density at radius 1 is 0.891 bits per heavy atom. The van der Waals surface area contributed by atoms with Crippen molar-refractivity contribution in [3.8, 4) is 17.2 Å². The normalized spacial score (nSPS) is 12.5. The van der Waals surface area contributed by atoms with Gasteiger partial charge in [0.2, 0.25) is 11.8 Å². The predicted octanol–water partition coefficient (Wildman–Crippen LogP) is 6.33. The van der Waals surface area contributed by atoms with Gasteiger partial charge in [-0.2, -0.15) is 0 Å². The minimum atomic E-state index is -4.37. The number of amides is 2. The number of anilines is 1. The van der Waals surface area contributed by atoms with Crippen LogP contribution in [0.25, 0.3) is 0 Å². The van der Waals surface area contributed by atoms with E-state index < -0.39 is 28.5 Å². The molecule has 0 heterocycles. The number of hydrogen-bond acceptors (Lipinski definition) is 7. The highest BCUT2D eigenvalue weighted by Gasteiger charge is 2.35. The zero-order valence-corrected chi connectivity index (χ0v) is 29.2. The summed E-state index contributed by atoms with van der Waals surface area (Å²) in [5.41, 5.74) is 0.642. The summed E-state index contributed by atoms with van der Waals surface area (Å²) in [5, 5.41) is 3.56. The molecule has 10 nitrogen and oxygen atoms in total. The summed E-state index contributed by atoms with van der Waals surface area (Å²) in [6.07, 6.45) is 0.934. The lowest BCUT2D eigenvalue weighted by molar-refractivity contribution is -0.140. The summed E-state index contributed by atoms with van der Waals surface area (Å²) in [6.45, 7) is 7.07. The maximum atomic E-state index is 14.4. The summed E-state index contributed by atoms with van der Waals surface area (Å²) < 4.78 is 45.8. The Bertz CT molecular complexity index is 1580. The third-order valence-corrected chi connectivity index (χ3v) is 9.91.